The van der Waals surface area contributed by atoms with Crippen molar-refractivity contribution in [3.8, 4) is 0 Å². The highest BCUT2D eigenvalue weighted by atomic mass is 28.4. The minimum atomic E-state index is -2.35. The molecular weight excluding hydrogens is 272 g/mol. The molecule has 1 heterocycles. The van der Waals surface area contributed by atoms with E-state index in [0.29, 0.717) is 0 Å². The summed E-state index contributed by atoms with van der Waals surface area (Å²) in [6, 6.07) is 0. The van der Waals surface area contributed by atoms with Crippen molar-refractivity contribution < 1.29 is 29.3 Å². The normalized spacial score (nSPS) is 38.2. The lowest BCUT2D eigenvalue weighted by Gasteiger charge is -2.45. The molecule has 18 heavy (non-hydrogen) atoms. The zero-order valence-corrected chi connectivity index (χ0v) is 13.4. The van der Waals surface area contributed by atoms with E-state index in [1.165, 1.54) is 0 Å². The number of aliphatic hydroxyl groups is 4. The van der Waals surface area contributed by atoms with Crippen molar-refractivity contribution in [1.82, 2.24) is 0 Å². The largest absolute Gasteiger partial charge is 0.457 e. The fourth-order valence-electron chi connectivity index (χ4n) is 2.35. The van der Waals surface area contributed by atoms with Gasteiger partial charge < -0.3 is 29.3 Å². The molecule has 1 aliphatic rings. The van der Waals surface area contributed by atoms with Gasteiger partial charge in [-0.15, -0.1) is 0 Å². The first kappa shape index (κ1) is 16.2. The summed E-state index contributed by atoms with van der Waals surface area (Å²) in [5.74, 6) is 0. The summed E-state index contributed by atoms with van der Waals surface area (Å²) in [7, 11) is -3.65. The lowest BCUT2D eigenvalue weighted by atomic mass is 10.0. The summed E-state index contributed by atoms with van der Waals surface area (Å²) in [5.41, 5.74) is -0.650. The molecule has 0 unspecified atom stereocenters. The number of ether oxygens (including phenoxy) is 1. The summed E-state index contributed by atoms with van der Waals surface area (Å²) in [6.07, 6.45) is -4.65. The SMILES string of the molecule is C[SiH](C)O[Si](C)(C)[C@@H]1O[C@H](CO)[C@@H](O)[C@H](O)[C@H]1O. The van der Waals surface area contributed by atoms with E-state index in [1.54, 1.807) is 0 Å². The highest BCUT2D eigenvalue weighted by Crippen LogP contribution is 2.28. The first-order chi connectivity index (χ1) is 8.20. The zero-order valence-electron chi connectivity index (χ0n) is 11.3. The molecule has 0 bridgehead atoms. The Morgan fingerprint density at radius 1 is 1.11 bits per heavy atom. The van der Waals surface area contributed by atoms with Crippen molar-refractivity contribution in [3.63, 3.8) is 0 Å². The van der Waals surface area contributed by atoms with E-state index in [2.05, 4.69) is 0 Å². The lowest BCUT2D eigenvalue weighted by molar-refractivity contribution is -0.212. The van der Waals surface area contributed by atoms with Gasteiger partial charge in [-0.3, -0.25) is 0 Å². The lowest BCUT2D eigenvalue weighted by Crippen LogP contribution is -2.66. The van der Waals surface area contributed by atoms with E-state index >= 15 is 0 Å². The van der Waals surface area contributed by atoms with Gasteiger partial charge in [-0.1, -0.05) is 0 Å². The van der Waals surface area contributed by atoms with Crippen LogP contribution in [0.25, 0.3) is 0 Å². The Labute approximate surface area is 110 Å². The van der Waals surface area contributed by atoms with Gasteiger partial charge in [0.15, 0.2) is 9.04 Å². The quantitative estimate of drug-likeness (QED) is 0.475. The van der Waals surface area contributed by atoms with Crippen molar-refractivity contribution in [2.75, 3.05) is 6.61 Å². The number of aliphatic hydroxyl groups excluding tert-OH is 4. The maximum absolute atomic E-state index is 10.0. The molecule has 0 aromatic heterocycles. The zero-order chi connectivity index (χ0) is 14.1. The molecule has 4 N–H and O–H groups in total. The molecule has 0 spiro atoms. The summed E-state index contributed by atoms with van der Waals surface area (Å²) in [6.45, 7) is 7.47. The predicted octanol–water partition coefficient (Wildman–Crippen LogP) is -1.43. The maximum atomic E-state index is 10.0. The second-order valence-electron chi connectivity index (χ2n) is 5.52. The molecule has 0 radical (unpaired) electrons. The third kappa shape index (κ3) is 3.39. The summed E-state index contributed by atoms with van der Waals surface area (Å²) in [4.78, 5) is 0. The Bertz CT molecular complexity index is 273. The number of rotatable bonds is 4. The maximum Gasteiger partial charge on any atom is 0.206 e. The average Bonchev–Trinajstić information content (AvgIpc) is 2.24. The van der Waals surface area contributed by atoms with Gasteiger partial charge in [0.2, 0.25) is 8.32 Å². The molecule has 108 valence electrons. The van der Waals surface area contributed by atoms with Crippen molar-refractivity contribution in [2.24, 2.45) is 0 Å². The van der Waals surface area contributed by atoms with Crippen LogP contribution in [0.4, 0.5) is 0 Å². The molecule has 8 heteroatoms. The Hall–Kier alpha value is 0.194. The van der Waals surface area contributed by atoms with E-state index in [4.69, 9.17) is 14.0 Å². The Kier molecular flexibility index (Phi) is 5.50. The standard InChI is InChI=1S/C10H24O6Si2/c1-17(2)16-18(3,4)10-9(14)8(13)7(12)6(5-11)15-10/h6-14,17H,5H2,1-4H3/t6-,7-,8+,9-,10+/m1/s1. The van der Waals surface area contributed by atoms with Crippen LogP contribution in [0.15, 0.2) is 0 Å². The van der Waals surface area contributed by atoms with Crippen LogP contribution >= 0.6 is 0 Å². The topological polar surface area (TPSA) is 99.4 Å². The summed E-state index contributed by atoms with van der Waals surface area (Å²) >= 11 is 0. The van der Waals surface area contributed by atoms with Crippen LogP contribution in [0.3, 0.4) is 0 Å². The van der Waals surface area contributed by atoms with Gasteiger partial charge in [-0.2, -0.15) is 0 Å². The van der Waals surface area contributed by atoms with Gasteiger partial charge in [-0.25, -0.2) is 0 Å². The van der Waals surface area contributed by atoms with E-state index in [9.17, 15) is 15.3 Å². The molecule has 1 aliphatic heterocycles. The summed E-state index contributed by atoms with van der Waals surface area (Å²) < 4.78 is 11.5. The molecule has 1 fully saturated rings. The second-order valence-corrected chi connectivity index (χ2v) is 12.3. The van der Waals surface area contributed by atoms with Gasteiger partial charge >= 0.3 is 0 Å². The van der Waals surface area contributed by atoms with Gasteiger partial charge in [0.1, 0.15) is 30.1 Å². The van der Waals surface area contributed by atoms with Crippen LogP contribution in [-0.4, -0.2) is 74.5 Å². The molecule has 0 saturated carbocycles. The molecule has 1 rings (SSSR count). The van der Waals surface area contributed by atoms with Crippen LogP contribution in [0.2, 0.25) is 26.2 Å². The van der Waals surface area contributed by atoms with Crippen molar-refractivity contribution in [3.05, 3.63) is 0 Å². The molecular formula is C10H24O6Si2. The Balaban J connectivity index is 2.87. The minimum absolute atomic E-state index is 0.398. The van der Waals surface area contributed by atoms with Crippen molar-refractivity contribution in [2.45, 2.75) is 56.3 Å². The Morgan fingerprint density at radius 2 is 1.67 bits per heavy atom. The third-order valence-electron chi connectivity index (χ3n) is 3.12. The molecule has 5 atom stereocenters. The first-order valence-corrected chi connectivity index (χ1v) is 12.0. The van der Waals surface area contributed by atoms with Crippen LogP contribution in [-0.2, 0) is 8.85 Å². The smallest absolute Gasteiger partial charge is 0.206 e. The van der Waals surface area contributed by atoms with Crippen molar-refractivity contribution in [1.29, 1.82) is 0 Å². The highest BCUT2D eigenvalue weighted by molar-refractivity contribution is 6.79. The van der Waals surface area contributed by atoms with Crippen LogP contribution < -0.4 is 0 Å². The fourth-order valence-corrected chi connectivity index (χ4v) is 9.27. The van der Waals surface area contributed by atoms with E-state index in [0.717, 1.165) is 0 Å². The molecule has 0 aliphatic carbocycles. The molecule has 6 nitrogen and oxygen atoms in total. The molecule has 0 aromatic rings. The average molecular weight is 296 g/mol. The third-order valence-corrected chi connectivity index (χ3v) is 9.28. The molecule has 0 aromatic carbocycles. The Morgan fingerprint density at radius 3 is 2.11 bits per heavy atom. The first-order valence-electron chi connectivity index (χ1n) is 6.19. The molecule has 1 saturated heterocycles. The monoisotopic (exact) mass is 296 g/mol. The highest BCUT2D eigenvalue weighted by Gasteiger charge is 2.51. The second kappa shape index (κ2) is 6.10. The summed E-state index contributed by atoms with van der Waals surface area (Å²) in [5, 5.41) is 38.6. The van der Waals surface area contributed by atoms with Gasteiger partial charge in [-0.05, 0) is 26.2 Å². The van der Waals surface area contributed by atoms with E-state index < -0.39 is 54.1 Å². The van der Waals surface area contributed by atoms with E-state index in [1.807, 2.05) is 26.2 Å². The van der Waals surface area contributed by atoms with Crippen LogP contribution in [0.1, 0.15) is 0 Å². The van der Waals surface area contributed by atoms with Gasteiger partial charge in [0.05, 0.1) is 6.61 Å². The fraction of sp³-hybridized carbons (Fsp3) is 1.00. The number of hydrogen-bond donors (Lipinski definition) is 4. The van der Waals surface area contributed by atoms with Crippen LogP contribution in [0, 0.1) is 0 Å². The van der Waals surface area contributed by atoms with Crippen LogP contribution in [0.5, 0.6) is 0 Å². The molecule has 0 amide bonds. The van der Waals surface area contributed by atoms with E-state index in [-0.39, 0.29) is 0 Å². The predicted molar refractivity (Wildman–Crippen MR) is 71.2 cm³/mol. The van der Waals surface area contributed by atoms with Gasteiger partial charge in [0, 0.05) is 0 Å². The number of hydrogen-bond acceptors (Lipinski definition) is 6. The van der Waals surface area contributed by atoms with Gasteiger partial charge in [0.25, 0.3) is 0 Å². The minimum Gasteiger partial charge on any atom is -0.457 e. The van der Waals surface area contributed by atoms with Crippen molar-refractivity contribution >= 4 is 17.4 Å².